The van der Waals surface area contributed by atoms with E-state index in [4.69, 9.17) is 0 Å². The van der Waals surface area contributed by atoms with Crippen molar-refractivity contribution in [3.05, 3.63) is 102 Å². The monoisotopic (exact) mass is 1050 g/mol. The molecule has 0 aromatic heterocycles. The molecular formula is C67H112N2Pd. The summed E-state index contributed by atoms with van der Waals surface area (Å²) in [5.41, 5.74) is 21.4. The molecule has 2 aromatic carbocycles. The fourth-order valence-electron chi connectivity index (χ4n) is 10.3. The largest absolute Gasteiger partial charge is 2.00 e. The molecule has 0 atom stereocenters. The van der Waals surface area contributed by atoms with Gasteiger partial charge in [0.1, 0.15) is 5.57 Å². The molecule has 0 amide bonds. The second kappa shape index (κ2) is 47.7. The molecule has 0 fully saturated rings. The first kappa shape index (κ1) is 67.7. The average Bonchev–Trinajstić information content (AvgIpc) is 3.62. The fourth-order valence-corrected chi connectivity index (χ4v) is 10.3. The number of rotatable bonds is 44. The maximum absolute atomic E-state index is 12.4. The molecule has 0 spiro atoms. The number of hydrogen-bond acceptors (Lipinski definition) is 0. The molecule has 1 aliphatic heterocycles. The number of allylic oxidation sites excluding steroid dienone is 2. The Labute approximate surface area is 451 Å². The Hall–Kier alpha value is -2.26. The average molecular weight is 1050 g/mol. The molecule has 70 heavy (non-hydrogen) atoms. The molecule has 2 nitrogen and oxygen atoms in total. The van der Waals surface area contributed by atoms with Gasteiger partial charge in [0.15, 0.2) is 0 Å². The van der Waals surface area contributed by atoms with Gasteiger partial charge in [0.2, 0.25) is 11.4 Å². The molecule has 0 unspecified atom stereocenters. The van der Waals surface area contributed by atoms with Gasteiger partial charge < -0.3 is 20.4 Å². The van der Waals surface area contributed by atoms with E-state index in [1.165, 1.54) is 259 Å². The molecule has 1 aliphatic rings. The van der Waals surface area contributed by atoms with Crippen molar-refractivity contribution in [2.75, 3.05) is 0 Å². The van der Waals surface area contributed by atoms with Gasteiger partial charge in [-0.05, 0) is 80.3 Å². The Morgan fingerprint density at radius 3 is 1.19 bits per heavy atom. The molecule has 3 heteroatoms. The van der Waals surface area contributed by atoms with Crippen molar-refractivity contribution in [3.8, 4) is 11.8 Å². The number of benzene rings is 2. The van der Waals surface area contributed by atoms with E-state index in [0.29, 0.717) is 0 Å². The normalized spacial score (nSPS) is 12.2. The first-order chi connectivity index (χ1) is 33.1. The van der Waals surface area contributed by atoms with Crippen LogP contribution in [-0.2, 0) is 33.3 Å². The van der Waals surface area contributed by atoms with Gasteiger partial charge in [0.25, 0.3) is 0 Å². The zero-order valence-corrected chi connectivity index (χ0v) is 48.8. The van der Waals surface area contributed by atoms with Gasteiger partial charge in [-0.15, -0.1) is 0 Å². The number of aryl methyl sites for hydroxylation is 2. The third-order valence-electron chi connectivity index (χ3n) is 14.7. The third kappa shape index (κ3) is 30.7. The summed E-state index contributed by atoms with van der Waals surface area (Å²) >= 11 is 0. The molecule has 0 bridgehead atoms. The van der Waals surface area contributed by atoms with Gasteiger partial charge in [-0.1, -0.05) is 289 Å². The molecule has 2 aromatic rings. The Balaban J connectivity index is 0.0000159. The molecule has 0 radical (unpaired) electrons. The first-order valence-corrected chi connectivity index (χ1v) is 29.8. The van der Waals surface area contributed by atoms with E-state index in [1.54, 1.807) is 0 Å². The summed E-state index contributed by atoms with van der Waals surface area (Å²) in [6, 6.07) is 18.1. The van der Waals surface area contributed by atoms with Gasteiger partial charge in [-0.25, -0.2) is 4.70 Å². The Bertz CT molecular complexity index is 1650. The maximum Gasteiger partial charge on any atom is 2.00 e. The predicted molar refractivity (Wildman–Crippen MR) is 310 cm³/mol. The summed E-state index contributed by atoms with van der Waals surface area (Å²) in [6.45, 7) is 9.16. The van der Waals surface area contributed by atoms with Crippen LogP contribution in [0.25, 0.3) is 16.9 Å². The summed E-state index contributed by atoms with van der Waals surface area (Å²) in [7, 11) is 0. The molecule has 3 rings (SSSR count). The van der Waals surface area contributed by atoms with Crippen LogP contribution in [0.1, 0.15) is 313 Å². The van der Waals surface area contributed by atoms with Crippen LogP contribution in [0.2, 0.25) is 0 Å². The minimum Gasteiger partial charge on any atom is -0.493 e. The second-order valence-corrected chi connectivity index (χ2v) is 20.9. The summed E-state index contributed by atoms with van der Waals surface area (Å²) in [5.74, 6) is 7.42. The van der Waals surface area contributed by atoms with Gasteiger partial charge >= 0.3 is 20.4 Å². The molecule has 0 N–H and O–H groups in total. The first-order valence-electron chi connectivity index (χ1n) is 29.8. The third-order valence-corrected chi connectivity index (χ3v) is 14.7. The molecule has 0 saturated carbocycles. The van der Waals surface area contributed by atoms with Crippen LogP contribution < -0.4 is 0 Å². The molecular weight excluding hydrogens is 939 g/mol. The SMILES string of the molecule is CCCCCCCCCCCCCCCCC#CC1=C(c2cccc(CCCCC)c2)[N+](=[N-])C(c2ccc(CCCC)cc2)=C1CCCCCCCCCCCCCCCCCCCCCC.[CH3-].[CH3-].[Pd+2]. The van der Waals surface area contributed by atoms with Crippen LogP contribution in [0.4, 0.5) is 0 Å². The van der Waals surface area contributed by atoms with Crippen LogP contribution in [0.15, 0.2) is 59.7 Å². The predicted octanol–water partition coefficient (Wildman–Crippen LogP) is 22.9. The van der Waals surface area contributed by atoms with E-state index in [0.717, 1.165) is 66.6 Å². The molecule has 0 saturated heterocycles. The molecule has 0 aliphatic carbocycles. The van der Waals surface area contributed by atoms with Crippen LogP contribution in [0.5, 0.6) is 0 Å². The van der Waals surface area contributed by atoms with Crippen molar-refractivity contribution in [1.29, 1.82) is 0 Å². The van der Waals surface area contributed by atoms with Crippen molar-refractivity contribution >= 4 is 11.4 Å². The number of unbranched alkanes of at least 4 members (excludes halogenated alkanes) is 36. The Kier molecular flexibility index (Phi) is 46.2. The van der Waals surface area contributed by atoms with Gasteiger partial charge in [0, 0.05) is 23.1 Å². The van der Waals surface area contributed by atoms with Gasteiger partial charge in [-0.2, -0.15) is 0 Å². The zero-order valence-electron chi connectivity index (χ0n) is 47.2. The second-order valence-electron chi connectivity index (χ2n) is 20.9. The maximum atomic E-state index is 12.4. The van der Waals surface area contributed by atoms with E-state index in [9.17, 15) is 5.53 Å². The van der Waals surface area contributed by atoms with Crippen molar-refractivity contribution in [1.82, 2.24) is 0 Å². The summed E-state index contributed by atoms with van der Waals surface area (Å²) in [6.07, 6.45) is 57.2. The van der Waals surface area contributed by atoms with Crippen molar-refractivity contribution in [3.63, 3.8) is 0 Å². The van der Waals surface area contributed by atoms with Crippen LogP contribution >= 0.6 is 0 Å². The summed E-state index contributed by atoms with van der Waals surface area (Å²) in [5, 5.41) is 0. The Morgan fingerprint density at radius 2 is 0.743 bits per heavy atom. The molecule has 1 heterocycles. The summed E-state index contributed by atoms with van der Waals surface area (Å²) < 4.78 is 1.54. The van der Waals surface area contributed by atoms with E-state index < -0.39 is 0 Å². The minimum atomic E-state index is 0. The fraction of sp³-hybridized carbons (Fsp3) is 0.701. The standard InChI is InChI=1S/C65H106N2.2CH3.Pd/c1-5-9-13-15-17-19-21-23-25-27-28-29-30-32-34-35-37-39-41-44-51-62-63(52-45-42-40-38-36-33-31-26-24-22-20-18-16-14-10-6-2)65(61-50-46-49-59(57-61)48-43-11-7-3)67(66)64(62)60-55-53-58(54-56-60)47-12-8-4;;;/h46,49-50,53-57H,5-44,47-48,51H2,1-4H3;2*1H3;/q;2*-1;+2. The van der Waals surface area contributed by atoms with E-state index in [2.05, 4.69) is 88.1 Å². The summed E-state index contributed by atoms with van der Waals surface area (Å²) in [4.78, 5) is 0. The van der Waals surface area contributed by atoms with Gasteiger partial charge in [0.05, 0.1) is 0 Å². The quantitative estimate of drug-likeness (QED) is 0.0208. The van der Waals surface area contributed by atoms with Crippen LogP contribution in [-0.4, -0.2) is 4.70 Å². The number of hydrogen-bond donors (Lipinski definition) is 0. The van der Waals surface area contributed by atoms with Crippen LogP contribution in [0.3, 0.4) is 0 Å². The van der Waals surface area contributed by atoms with Gasteiger partial charge in [-0.3, -0.25) is 0 Å². The van der Waals surface area contributed by atoms with Crippen molar-refractivity contribution in [2.45, 2.75) is 304 Å². The van der Waals surface area contributed by atoms with Crippen LogP contribution in [0, 0.1) is 26.7 Å². The van der Waals surface area contributed by atoms with E-state index in [1.807, 2.05) is 0 Å². The number of nitrogens with zero attached hydrogens (tertiary/aromatic N) is 2. The van der Waals surface area contributed by atoms with Crippen molar-refractivity contribution in [2.24, 2.45) is 0 Å². The smallest absolute Gasteiger partial charge is 0.493 e. The van der Waals surface area contributed by atoms with Crippen molar-refractivity contribution < 1.29 is 25.1 Å². The van der Waals surface area contributed by atoms with E-state index >= 15 is 0 Å². The molecule has 400 valence electrons. The Morgan fingerprint density at radius 1 is 0.371 bits per heavy atom. The topological polar surface area (TPSA) is 25.3 Å². The zero-order chi connectivity index (χ0) is 47.7. The minimum absolute atomic E-state index is 0. The van der Waals surface area contributed by atoms with E-state index in [-0.39, 0.29) is 35.3 Å².